The molecular weight excluding hydrogens is 296 g/mol. The first-order chi connectivity index (χ1) is 8.25. The van der Waals surface area contributed by atoms with Crippen LogP contribution in [0.2, 0.25) is 0 Å². The van der Waals surface area contributed by atoms with Crippen molar-refractivity contribution in [3.05, 3.63) is 28.2 Å². The number of halogens is 1. The number of hydrogen-bond acceptors (Lipinski definition) is 3. The van der Waals surface area contributed by atoms with Crippen LogP contribution in [0.3, 0.4) is 0 Å². The molecule has 0 aliphatic rings. The van der Waals surface area contributed by atoms with Crippen LogP contribution >= 0.6 is 15.9 Å². The van der Waals surface area contributed by atoms with Gasteiger partial charge in [-0.15, -0.1) is 0 Å². The van der Waals surface area contributed by atoms with E-state index in [2.05, 4.69) is 15.9 Å². The fraction of sp³-hybridized carbons (Fsp3) is 0.462. The second-order valence-electron chi connectivity index (χ2n) is 4.84. The number of hydrogen-bond donors (Lipinski definition) is 1. The van der Waals surface area contributed by atoms with E-state index in [1.165, 1.54) is 0 Å². The van der Waals surface area contributed by atoms with Crippen LogP contribution in [-0.4, -0.2) is 30.5 Å². The Morgan fingerprint density at radius 3 is 2.61 bits per heavy atom. The summed E-state index contributed by atoms with van der Waals surface area (Å²) in [4.78, 5) is 13.6. The fourth-order valence-electron chi connectivity index (χ4n) is 1.69. The van der Waals surface area contributed by atoms with Gasteiger partial charge < -0.3 is 15.4 Å². The van der Waals surface area contributed by atoms with Gasteiger partial charge in [0, 0.05) is 23.6 Å². The van der Waals surface area contributed by atoms with E-state index in [0.29, 0.717) is 6.54 Å². The van der Waals surface area contributed by atoms with Crippen molar-refractivity contribution in [2.24, 2.45) is 5.73 Å². The van der Waals surface area contributed by atoms with E-state index in [-0.39, 0.29) is 5.91 Å². The van der Waals surface area contributed by atoms with Crippen molar-refractivity contribution in [1.29, 1.82) is 0 Å². The summed E-state index contributed by atoms with van der Waals surface area (Å²) >= 11 is 3.41. The van der Waals surface area contributed by atoms with Crippen LogP contribution in [0.4, 0.5) is 0 Å². The topological polar surface area (TPSA) is 55.6 Å². The van der Waals surface area contributed by atoms with Gasteiger partial charge in [-0.05, 0) is 32.0 Å². The van der Waals surface area contributed by atoms with Gasteiger partial charge in [0.15, 0.2) is 0 Å². The minimum absolute atomic E-state index is 0.107. The zero-order valence-corrected chi connectivity index (χ0v) is 12.7. The molecule has 0 bridgehead atoms. The average molecular weight is 315 g/mol. The highest BCUT2D eigenvalue weighted by Crippen LogP contribution is 2.24. The highest BCUT2D eigenvalue weighted by Gasteiger charge is 2.26. The van der Waals surface area contributed by atoms with Gasteiger partial charge in [-0.25, -0.2) is 0 Å². The molecule has 18 heavy (non-hydrogen) atoms. The number of benzene rings is 1. The summed E-state index contributed by atoms with van der Waals surface area (Å²) in [5, 5.41) is 0. The van der Waals surface area contributed by atoms with Crippen molar-refractivity contribution < 1.29 is 9.53 Å². The van der Waals surface area contributed by atoms with Crippen LogP contribution in [0.1, 0.15) is 19.4 Å². The van der Waals surface area contributed by atoms with E-state index in [1.807, 2.05) is 18.2 Å². The van der Waals surface area contributed by atoms with E-state index in [4.69, 9.17) is 10.5 Å². The molecular formula is C13H19BrN2O2. The molecule has 0 radical (unpaired) electrons. The molecule has 1 aromatic carbocycles. The Hall–Kier alpha value is -1.07. The fourth-order valence-corrected chi connectivity index (χ4v) is 2.10. The molecule has 0 aliphatic heterocycles. The third kappa shape index (κ3) is 3.71. The Bertz CT molecular complexity index is 441. The second-order valence-corrected chi connectivity index (χ2v) is 5.75. The smallest absolute Gasteiger partial charge is 0.242 e. The molecule has 2 N–H and O–H groups in total. The molecule has 0 atom stereocenters. The van der Waals surface area contributed by atoms with Crippen molar-refractivity contribution in [2.75, 3.05) is 14.2 Å². The molecule has 5 heteroatoms. The maximum atomic E-state index is 12.0. The van der Waals surface area contributed by atoms with Crippen LogP contribution in [-0.2, 0) is 11.3 Å². The lowest BCUT2D eigenvalue weighted by atomic mass is 10.1. The van der Waals surface area contributed by atoms with Crippen molar-refractivity contribution in [2.45, 2.75) is 25.9 Å². The number of methoxy groups -OCH3 is 1. The Balaban J connectivity index is 2.91. The zero-order chi connectivity index (χ0) is 13.9. The monoisotopic (exact) mass is 314 g/mol. The Morgan fingerprint density at radius 1 is 1.50 bits per heavy atom. The number of nitrogens with zero attached hydrogens (tertiary/aromatic N) is 1. The lowest BCUT2D eigenvalue weighted by Gasteiger charge is -2.26. The van der Waals surface area contributed by atoms with Gasteiger partial charge in [-0.2, -0.15) is 0 Å². The Morgan fingerprint density at radius 2 is 2.11 bits per heavy atom. The standard InChI is InChI=1S/C13H19BrN2O2/c1-13(2,15)12(17)16(3)8-9-7-10(14)5-6-11(9)18-4/h5-7H,8,15H2,1-4H3. The quantitative estimate of drug-likeness (QED) is 0.926. The molecule has 0 saturated heterocycles. The lowest BCUT2D eigenvalue weighted by Crippen LogP contribution is -2.49. The van der Waals surface area contributed by atoms with E-state index in [1.54, 1.807) is 32.9 Å². The third-order valence-corrected chi connectivity index (χ3v) is 3.04. The number of likely N-dealkylation sites (N-methyl/N-ethyl adjacent to an activating group) is 1. The van der Waals surface area contributed by atoms with E-state index < -0.39 is 5.54 Å². The van der Waals surface area contributed by atoms with Gasteiger partial charge in [0.05, 0.1) is 12.6 Å². The van der Waals surface area contributed by atoms with Gasteiger partial charge in [0.1, 0.15) is 5.75 Å². The zero-order valence-electron chi connectivity index (χ0n) is 11.2. The first kappa shape index (κ1) is 15.0. The number of ether oxygens (including phenoxy) is 1. The molecule has 0 saturated carbocycles. The van der Waals surface area contributed by atoms with Crippen molar-refractivity contribution in [3.8, 4) is 5.75 Å². The predicted molar refractivity (Wildman–Crippen MR) is 75.4 cm³/mol. The molecule has 0 fully saturated rings. The third-order valence-electron chi connectivity index (χ3n) is 2.55. The first-order valence-electron chi connectivity index (χ1n) is 5.62. The molecule has 4 nitrogen and oxygen atoms in total. The lowest BCUT2D eigenvalue weighted by molar-refractivity contribution is -0.135. The molecule has 0 spiro atoms. The van der Waals surface area contributed by atoms with Gasteiger partial charge in [-0.3, -0.25) is 4.79 Å². The van der Waals surface area contributed by atoms with Crippen molar-refractivity contribution in [3.63, 3.8) is 0 Å². The maximum Gasteiger partial charge on any atom is 0.242 e. The summed E-state index contributed by atoms with van der Waals surface area (Å²) in [7, 11) is 3.35. The summed E-state index contributed by atoms with van der Waals surface area (Å²) in [5.74, 6) is 0.650. The molecule has 1 rings (SSSR count). The summed E-state index contributed by atoms with van der Waals surface area (Å²) in [5.41, 5.74) is 5.87. The Labute approximate surface area is 116 Å². The number of carbonyl (C=O) groups excluding carboxylic acids is 1. The first-order valence-corrected chi connectivity index (χ1v) is 6.42. The van der Waals surface area contributed by atoms with Crippen molar-refractivity contribution in [1.82, 2.24) is 4.90 Å². The molecule has 0 aromatic heterocycles. The minimum atomic E-state index is -0.867. The molecule has 1 aromatic rings. The van der Waals surface area contributed by atoms with Gasteiger partial charge in [0.25, 0.3) is 0 Å². The highest BCUT2D eigenvalue weighted by molar-refractivity contribution is 9.10. The summed E-state index contributed by atoms with van der Waals surface area (Å²) in [6.45, 7) is 3.86. The second kappa shape index (κ2) is 5.71. The molecule has 0 unspecified atom stereocenters. The van der Waals surface area contributed by atoms with Crippen LogP contribution in [0.5, 0.6) is 5.75 Å². The van der Waals surface area contributed by atoms with E-state index in [9.17, 15) is 4.79 Å². The van der Waals surface area contributed by atoms with Gasteiger partial charge >= 0.3 is 0 Å². The predicted octanol–water partition coefficient (Wildman–Crippen LogP) is 2.15. The molecule has 100 valence electrons. The molecule has 1 amide bonds. The Kier molecular flexibility index (Phi) is 4.76. The number of amides is 1. The van der Waals surface area contributed by atoms with Crippen LogP contribution in [0.15, 0.2) is 22.7 Å². The molecule has 0 aliphatic carbocycles. The van der Waals surface area contributed by atoms with E-state index in [0.717, 1.165) is 15.8 Å². The highest BCUT2D eigenvalue weighted by atomic mass is 79.9. The minimum Gasteiger partial charge on any atom is -0.496 e. The average Bonchev–Trinajstić information content (AvgIpc) is 2.27. The van der Waals surface area contributed by atoms with Crippen LogP contribution < -0.4 is 10.5 Å². The largest absolute Gasteiger partial charge is 0.496 e. The summed E-state index contributed by atoms with van der Waals surface area (Å²) in [6, 6.07) is 5.70. The normalized spacial score (nSPS) is 11.2. The number of rotatable bonds is 4. The van der Waals surface area contributed by atoms with Gasteiger partial charge in [0.2, 0.25) is 5.91 Å². The van der Waals surface area contributed by atoms with Gasteiger partial charge in [-0.1, -0.05) is 15.9 Å². The van der Waals surface area contributed by atoms with Crippen LogP contribution in [0, 0.1) is 0 Å². The van der Waals surface area contributed by atoms with E-state index >= 15 is 0 Å². The maximum absolute atomic E-state index is 12.0. The number of nitrogens with two attached hydrogens (primary N) is 1. The summed E-state index contributed by atoms with van der Waals surface area (Å²) < 4.78 is 6.23. The van der Waals surface area contributed by atoms with Crippen molar-refractivity contribution >= 4 is 21.8 Å². The SMILES string of the molecule is COc1ccc(Br)cc1CN(C)C(=O)C(C)(C)N. The van der Waals surface area contributed by atoms with Crippen LogP contribution in [0.25, 0.3) is 0 Å². The number of carbonyl (C=O) groups is 1. The summed E-state index contributed by atoms with van der Waals surface area (Å²) in [6.07, 6.45) is 0. The molecule has 0 heterocycles.